The minimum atomic E-state index is -0.446. The van der Waals surface area contributed by atoms with E-state index in [2.05, 4.69) is 20.8 Å². The molecule has 1 aliphatic heterocycles. The highest BCUT2D eigenvalue weighted by Gasteiger charge is 2.20. The maximum absolute atomic E-state index is 12.7. The van der Waals surface area contributed by atoms with Crippen molar-refractivity contribution >= 4 is 33.4 Å². The Hall–Kier alpha value is -3.20. The van der Waals surface area contributed by atoms with E-state index in [0.717, 1.165) is 33.7 Å². The molecular formula is C20H20N4O4S. The Labute approximate surface area is 171 Å². The van der Waals surface area contributed by atoms with Crippen molar-refractivity contribution in [1.29, 1.82) is 0 Å². The number of fused-ring (bicyclic) bond motifs is 2. The van der Waals surface area contributed by atoms with E-state index in [4.69, 9.17) is 9.47 Å². The van der Waals surface area contributed by atoms with E-state index >= 15 is 0 Å². The summed E-state index contributed by atoms with van der Waals surface area (Å²) in [4.78, 5) is 35.3. The van der Waals surface area contributed by atoms with Gasteiger partial charge in [0, 0.05) is 23.1 Å². The zero-order valence-electron chi connectivity index (χ0n) is 16.3. The van der Waals surface area contributed by atoms with Gasteiger partial charge in [0.05, 0.1) is 4.88 Å². The van der Waals surface area contributed by atoms with Crippen LogP contribution in [0.15, 0.2) is 18.2 Å². The van der Waals surface area contributed by atoms with Gasteiger partial charge in [0.2, 0.25) is 0 Å². The van der Waals surface area contributed by atoms with Crippen LogP contribution in [0.25, 0.3) is 10.2 Å². The smallest absolute Gasteiger partial charge is 0.280 e. The molecule has 0 radical (unpaired) electrons. The minimum Gasteiger partial charge on any atom is -0.486 e. The van der Waals surface area contributed by atoms with Gasteiger partial charge in [0.1, 0.15) is 23.9 Å². The lowest BCUT2D eigenvalue weighted by atomic mass is 10.1. The fraction of sp³-hybridized carbons (Fsp3) is 0.300. The van der Waals surface area contributed by atoms with E-state index < -0.39 is 11.8 Å². The average molecular weight is 412 g/mol. The van der Waals surface area contributed by atoms with Crippen LogP contribution in [0.5, 0.6) is 11.5 Å². The summed E-state index contributed by atoms with van der Waals surface area (Å²) in [6.45, 7) is 6.67. The molecule has 3 heterocycles. The molecule has 0 bridgehead atoms. The van der Waals surface area contributed by atoms with E-state index in [1.54, 1.807) is 18.2 Å². The number of benzene rings is 1. The van der Waals surface area contributed by atoms with Gasteiger partial charge in [-0.05, 0) is 37.6 Å². The third kappa shape index (κ3) is 3.61. The first-order valence-corrected chi connectivity index (χ1v) is 10.1. The predicted molar refractivity (Wildman–Crippen MR) is 109 cm³/mol. The molecule has 0 atom stereocenters. The molecule has 2 N–H and O–H groups in total. The van der Waals surface area contributed by atoms with Crippen LogP contribution in [-0.4, -0.2) is 35.0 Å². The summed E-state index contributed by atoms with van der Waals surface area (Å²) in [5.41, 5.74) is 6.93. The fourth-order valence-electron chi connectivity index (χ4n) is 3.20. The topological polar surface area (TPSA) is 102 Å². The highest BCUT2D eigenvalue weighted by Crippen LogP contribution is 2.32. The number of hydrogen-bond donors (Lipinski definition) is 2. The van der Waals surface area contributed by atoms with Crippen LogP contribution in [0.1, 0.15) is 44.0 Å². The third-order valence-electron chi connectivity index (χ3n) is 4.63. The molecule has 4 rings (SSSR count). The standard InChI is InChI=1S/C20H20N4O4S/c1-4-15-21-11(3)16-10(2)17(29-20(16)22-15)19(26)24-23-18(25)12-5-6-13-14(9-12)28-8-7-27-13/h5-6,9H,4,7-8H2,1-3H3,(H,23,25)(H,24,26). The monoisotopic (exact) mass is 412 g/mol. The molecule has 0 saturated heterocycles. The first kappa shape index (κ1) is 19.1. The second-order valence-electron chi connectivity index (χ2n) is 6.58. The molecule has 3 aromatic rings. The van der Waals surface area contributed by atoms with Gasteiger partial charge in [0.15, 0.2) is 11.5 Å². The largest absolute Gasteiger partial charge is 0.486 e. The molecule has 0 unspecified atom stereocenters. The summed E-state index contributed by atoms with van der Waals surface area (Å²) in [6.07, 6.45) is 0.723. The Morgan fingerprint density at radius 1 is 1.07 bits per heavy atom. The van der Waals surface area contributed by atoms with E-state index in [-0.39, 0.29) is 0 Å². The lowest BCUT2D eigenvalue weighted by molar-refractivity contribution is 0.0848. The van der Waals surface area contributed by atoms with Gasteiger partial charge >= 0.3 is 0 Å². The number of ether oxygens (including phenoxy) is 2. The molecule has 0 saturated carbocycles. The Bertz CT molecular complexity index is 1130. The van der Waals surface area contributed by atoms with Crippen molar-refractivity contribution < 1.29 is 19.1 Å². The van der Waals surface area contributed by atoms with E-state index in [0.29, 0.717) is 35.2 Å². The van der Waals surface area contributed by atoms with Gasteiger partial charge in [0.25, 0.3) is 11.8 Å². The molecule has 0 fully saturated rings. The highest BCUT2D eigenvalue weighted by atomic mass is 32.1. The Balaban J connectivity index is 1.50. The summed E-state index contributed by atoms with van der Waals surface area (Å²) >= 11 is 1.29. The number of amides is 2. The SMILES string of the molecule is CCc1nc(C)c2c(C)c(C(=O)NNC(=O)c3ccc4c(c3)OCCO4)sc2n1. The molecule has 150 valence electrons. The number of nitrogens with one attached hydrogen (secondary N) is 2. The van der Waals surface area contributed by atoms with Crippen LogP contribution in [0.3, 0.4) is 0 Å². The van der Waals surface area contributed by atoms with Gasteiger partial charge in [-0.25, -0.2) is 9.97 Å². The van der Waals surface area contributed by atoms with Gasteiger partial charge in [-0.3, -0.25) is 20.4 Å². The molecule has 2 aromatic heterocycles. The highest BCUT2D eigenvalue weighted by molar-refractivity contribution is 7.20. The number of carbonyl (C=O) groups excluding carboxylic acids is 2. The number of carbonyl (C=O) groups is 2. The number of aromatic nitrogens is 2. The second-order valence-corrected chi connectivity index (χ2v) is 7.58. The van der Waals surface area contributed by atoms with Gasteiger partial charge < -0.3 is 9.47 Å². The van der Waals surface area contributed by atoms with Gasteiger partial charge in [-0.1, -0.05) is 6.92 Å². The summed E-state index contributed by atoms with van der Waals surface area (Å²) in [5, 5.41) is 0.885. The lowest BCUT2D eigenvalue weighted by Gasteiger charge is -2.18. The third-order valence-corrected chi connectivity index (χ3v) is 5.82. The number of rotatable bonds is 3. The lowest BCUT2D eigenvalue weighted by Crippen LogP contribution is -2.41. The molecule has 29 heavy (non-hydrogen) atoms. The Kier molecular flexibility index (Phi) is 5.06. The maximum atomic E-state index is 12.7. The molecule has 1 aromatic carbocycles. The van der Waals surface area contributed by atoms with Crippen LogP contribution < -0.4 is 20.3 Å². The number of hydrogen-bond acceptors (Lipinski definition) is 7. The predicted octanol–water partition coefficient (Wildman–Crippen LogP) is 2.72. The number of aryl methyl sites for hydroxylation is 3. The zero-order chi connectivity index (χ0) is 20.5. The van der Waals surface area contributed by atoms with Crippen molar-refractivity contribution in [1.82, 2.24) is 20.8 Å². The van der Waals surface area contributed by atoms with Gasteiger partial charge in [-0.2, -0.15) is 0 Å². The average Bonchev–Trinajstić information content (AvgIpc) is 3.08. The summed E-state index contributed by atoms with van der Waals surface area (Å²) < 4.78 is 10.9. The van der Waals surface area contributed by atoms with Crippen LogP contribution >= 0.6 is 11.3 Å². The van der Waals surface area contributed by atoms with E-state index in [1.807, 2.05) is 20.8 Å². The summed E-state index contributed by atoms with van der Waals surface area (Å²) in [7, 11) is 0. The Morgan fingerprint density at radius 2 is 1.79 bits per heavy atom. The fourth-order valence-corrected chi connectivity index (χ4v) is 4.34. The minimum absolute atomic E-state index is 0.358. The van der Waals surface area contributed by atoms with E-state index in [1.165, 1.54) is 11.3 Å². The van der Waals surface area contributed by atoms with Crippen molar-refractivity contribution in [3.05, 3.63) is 45.7 Å². The summed E-state index contributed by atoms with van der Waals surface area (Å²) in [5.74, 6) is 1.01. The van der Waals surface area contributed by atoms with Crippen molar-refractivity contribution in [2.45, 2.75) is 27.2 Å². The molecule has 1 aliphatic rings. The van der Waals surface area contributed by atoms with Gasteiger partial charge in [-0.15, -0.1) is 11.3 Å². The first-order valence-electron chi connectivity index (χ1n) is 9.25. The van der Waals surface area contributed by atoms with Crippen LogP contribution in [-0.2, 0) is 6.42 Å². The Morgan fingerprint density at radius 3 is 2.55 bits per heavy atom. The van der Waals surface area contributed by atoms with E-state index in [9.17, 15) is 9.59 Å². The molecule has 0 spiro atoms. The van der Waals surface area contributed by atoms with Crippen molar-refractivity contribution in [3.8, 4) is 11.5 Å². The van der Waals surface area contributed by atoms with Crippen LogP contribution in [0, 0.1) is 13.8 Å². The first-order chi connectivity index (χ1) is 14.0. The number of thiophene rings is 1. The van der Waals surface area contributed by atoms with Crippen molar-refractivity contribution in [2.24, 2.45) is 0 Å². The quantitative estimate of drug-likeness (QED) is 0.642. The normalized spacial score (nSPS) is 12.7. The molecule has 9 heteroatoms. The molecule has 0 aliphatic carbocycles. The second kappa shape index (κ2) is 7.67. The summed E-state index contributed by atoms with van der Waals surface area (Å²) in [6, 6.07) is 4.88. The van der Waals surface area contributed by atoms with Crippen LogP contribution in [0.4, 0.5) is 0 Å². The zero-order valence-corrected chi connectivity index (χ0v) is 17.1. The number of hydrazine groups is 1. The molecule has 8 nitrogen and oxygen atoms in total. The van der Waals surface area contributed by atoms with Crippen molar-refractivity contribution in [3.63, 3.8) is 0 Å². The number of nitrogens with zero attached hydrogens (tertiary/aromatic N) is 2. The van der Waals surface area contributed by atoms with Crippen molar-refractivity contribution in [2.75, 3.05) is 13.2 Å². The molecule has 2 amide bonds. The van der Waals surface area contributed by atoms with Crippen LogP contribution in [0.2, 0.25) is 0 Å². The maximum Gasteiger partial charge on any atom is 0.280 e. The molecular weight excluding hydrogens is 392 g/mol.